The van der Waals surface area contributed by atoms with Crippen molar-refractivity contribution in [2.75, 3.05) is 0 Å². The van der Waals surface area contributed by atoms with Crippen molar-refractivity contribution in [3.05, 3.63) is 0 Å². The lowest BCUT2D eigenvalue weighted by molar-refractivity contribution is -0.159. The molecule has 0 heterocycles. The van der Waals surface area contributed by atoms with Gasteiger partial charge >= 0.3 is 5.97 Å². The average Bonchev–Trinajstić information content (AvgIpc) is 2.16. The zero-order valence-electron chi connectivity index (χ0n) is 8.41. The number of rotatable bonds is 4. The van der Waals surface area contributed by atoms with Crippen molar-refractivity contribution in [1.82, 2.24) is 0 Å². The smallest absolute Gasteiger partial charge is 0.350 e. The minimum atomic E-state index is -2.03. The second-order valence-electron chi connectivity index (χ2n) is 4.27. The summed E-state index contributed by atoms with van der Waals surface area (Å²) in [6, 6.07) is 0. The summed E-state index contributed by atoms with van der Waals surface area (Å²) in [7, 11) is 0. The summed E-state index contributed by atoms with van der Waals surface area (Å²) in [4.78, 5) is 10.5. The highest BCUT2D eigenvalue weighted by Crippen LogP contribution is 2.28. The first-order chi connectivity index (χ1) is 6.52. The topological polar surface area (TPSA) is 83.5 Å². The third kappa shape index (κ3) is 3.27. The van der Waals surface area contributed by atoms with E-state index in [0.29, 0.717) is 5.92 Å². The van der Waals surface area contributed by atoms with E-state index < -0.39 is 11.7 Å². The predicted molar refractivity (Wildman–Crippen MR) is 52.6 cm³/mol. The molecule has 0 unspecified atom stereocenters. The number of aliphatic carboxylic acids is 1. The van der Waals surface area contributed by atoms with Crippen molar-refractivity contribution < 1.29 is 15.0 Å². The van der Waals surface area contributed by atoms with Crippen LogP contribution >= 0.6 is 0 Å². The second kappa shape index (κ2) is 4.75. The van der Waals surface area contributed by atoms with Crippen LogP contribution in [0.3, 0.4) is 0 Å². The minimum absolute atomic E-state index is 0.160. The van der Waals surface area contributed by atoms with E-state index in [-0.39, 0.29) is 6.42 Å². The first kappa shape index (κ1) is 11.5. The highest BCUT2D eigenvalue weighted by atomic mass is 16.4. The Morgan fingerprint density at radius 2 is 1.93 bits per heavy atom. The van der Waals surface area contributed by atoms with Crippen LogP contribution < -0.4 is 5.73 Å². The van der Waals surface area contributed by atoms with E-state index in [1.54, 1.807) is 0 Å². The Hall–Kier alpha value is -0.610. The van der Waals surface area contributed by atoms with E-state index in [1.807, 2.05) is 0 Å². The summed E-state index contributed by atoms with van der Waals surface area (Å²) in [5.74, 6) is -0.772. The van der Waals surface area contributed by atoms with Gasteiger partial charge in [0.1, 0.15) is 0 Å². The molecular formula is C10H19NO3. The van der Waals surface area contributed by atoms with E-state index in [1.165, 1.54) is 19.3 Å². The Bertz CT molecular complexity index is 198. The van der Waals surface area contributed by atoms with Gasteiger partial charge in [-0.2, -0.15) is 0 Å². The van der Waals surface area contributed by atoms with Crippen LogP contribution in [0.25, 0.3) is 0 Å². The molecule has 0 radical (unpaired) electrons. The zero-order chi connectivity index (χ0) is 10.6. The van der Waals surface area contributed by atoms with Crippen LogP contribution in [0.5, 0.6) is 0 Å². The van der Waals surface area contributed by atoms with E-state index in [4.69, 9.17) is 10.8 Å². The van der Waals surface area contributed by atoms with Crippen molar-refractivity contribution in [2.24, 2.45) is 11.7 Å². The number of hydrogen-bond donors (Lipinski definition) is 3. The summed E-state index contributed by atoms with van der Waals surface area (Å²) >= 11 is 0. The number of carbonyl (C=O) groups is 1. The van der Waals surface area contributed by atoms with Crippen LogP contribution in [0.1, 0.15) is 44.9 Å². The Morgan fingerprint density at radius 1 is 1.36 bits per heavy atom. The van der Waals surface area contributed by atoms with E-state index in [9.17, 15) is 9.90 Å². The van der Waals surface area contributed by atoms with Crippen molar-refractivity contribution in [1.29, 1.82) is 0 Å². The first-order valence-corrected chi connectivity index (χ1v) is 5.27. The third-order valence-corrected chi connectivity index (χ3v) is 3.03. The molecule has 0 aromatic rings. The maximum absolute atomic E-state index is 10.5. The SMILES string of the molecule is N[C@@](O)(CCC1CCCCC1)C(=O)O. The largest absolute Gasteiger partial charge is 0.478 e. The molecule has 1 aliphatic carbocycles. The normalized spacial score (nSPS) is 23.0. The summed E-state index contributed by atoms with van der Waals surface area (Å²) in [6.07, 6.45) is 6.90. The fourth-order valence-corrected chi connectivity index (χ4v) is 2.01. The van der Waals surface area contributed by atoms with Gasteiger partial charge in [0, 0.05) is 6.42 Å². The van der Waals surface area contributed by atoms with E-state index in [0.717, 1.165) is 19.3 Å². The molecule has 1 aliphatic rings. The van der Waals surface area contributed by atoms with Crippen LogP contribution in [0, 0.1) is 5.92 Å². The quantitative estimate of drug-likeness (QED) is 0.594. The Morgan fingerprint density at radius 3 is 2.43 bits per heavy atom. The Balaban J connectivity index is 2.28. The highest BCUT2D eigenvalue weighted by molar-refractivity contribution is 5.76. The third-order valence-electron chi connectivity index (χ3n) is 3.03. The molecule has 0 aromatic carbocycles. The molecule has 82 valence electrons. The maximum Gasteiger partial charge on any atom is 0.350 e. The summed E-state index contributed by atoms with van der Waals surface area (Å²) in [5.41, 5.74) is 3.20. The molecule has 1 atom stereocenters. The van der Waals surface area contributed by atoms with Gasteiger partial charge in [-0.05, 0) is 12.3 Å². The zero-order valence-corrected chi connectivity index (χ0v) is 8.41. The highest BCUT2D eigenvalue weighted by Gasteiger charge is 2.31. The summed E-state index contributed by atoms with van der Waals surface area (Å²) in [6.45, 7) is 0. The number of carboxylic acids is 1. The molecule has 4 heteroatoms. The molecule has 0 bridgehead atoms. The fourth-order valence-electron chi connectivity index (χ4n) is 2.01. The molecule has 4 nitrogen and oxygen atoms in total. The molecule has 4 N–H and O–H groups in total. The van der Waals surface area contributed by atoms with Gasteiger partial charge in [0.2, 0.25) is 5.72 Å². The van der Waals surface area contributed by atoms with Gasteiger partial charge in [0.15, 0.2) is 0 Å². The number of hydrogen-bond acceptors (Lipinski definition) is 3. The standard InChI is InChI=1S/C10H19NO3/c11-10(14,9(12)13)7-6-8-4-2-1-3-5-8/h8,14H,1-7,11H2,(H,12,13)/t10-/m1/s1. The van der Waals surface area contributed by atoms with Gasteiger partial charge < -0.3 is 10.2 Å². The molecule has 1 saturated carbocycles. The molecule has 1 fully saturated rings. The molecule has 0 saturated heterocycles. The lowest BCUT2D eigenvalue weighted by Gasteiger charge is -2.24. The Kier molecular flexibility index (Phi) is 3.89. The number of aliphatic hydroxyl groups is 1. The molecular weight excluding hydrogens is 182 g/mol. The average molecular weight is 201 g/mol. The first-order valence-electron chi connectivity index (χ1n) is 5.27. The van der Waals surface area contributed by atoms with Gasteiger partial charge in [-0.3, -0.25) is 5.73 Å². The van der Waals surface area contributed by atoms with Crippen molar-refractivity contribution >= 4 is 5.97 Å². The molecule has 0 amide bonds. The maximum atomic E-state index is 10.5. The van der Waals surface area contributed by atoms with Gasteiger partial charge in [0.25, 0.3) is 0 Å². The molecule has 14 heavy (non-hydrogen) atoms. The van der Waals surface area contributed by atoms with Gasteiger partial charge in [-0.25, -0.2) is 4.79 Å². The minimum Gasteiger partial charge on any atom is -0.478 e. The summed E-state index contributed by atoms with van der Waals surface area (Å²) < 4.78 is 0. The molecule has 0 spiro atoms. The second-order valence-corrected chi connectivity index (χ2v) is 4.27. The Labute approximate surface area is 84.1 Å². The molecule has 0 aliphatic heterocycles. The predicted octanol–water partition coefficient (Wildman–Crippen LogP) is 1.08. The van der Waals surface area contributed by atoms with Gasteiger partial charge in [-0.15, -0.1) is 0 Å². The van der Waals surface area contributed by atoms with Crippen molar-refractivity contribution in [2.45, 2.75) is 50.7 Å². The van der Waals surface area contributed by atoms with Crippen LogP contribution in [0.15, 0.2) is 0 Å². The monoisotopic (exact) mass is 201 g/mol. The van der Waals surface area contributed by atoms with Gasteiger partial charge in [-0.1, -0.05) is 32.1 Å². The van der Waals surface area contributed by atoms with Gasteiger partial charge in [0.05, 0.1) is 0 Å². The lowest BCUT2D eigenvalue weighted by Crippen LogP contribution is -2.48. The molecule has 0 aromatic heterocycles. The fraction of sp³-hybridized carbons (Fsp3) is 0.900. The van der Waals surface area contributed by atoms with E-state index >= 15 is 0 Å². The van der Waals surface area contributed by atoms with Crippen LogP contribution in [-0.4, -0.2) is 21.9 Å². The van der Waals surface area contributed by atoms with Crippen molar-refractivity contribution in [3.8, 4) is 0 Å². The number of nitrogens with two attached hydrogens (primary N) is 1. The van der Waals surface area contributed by atoms with Crippen LogP contribution in [0.4, 0.5) is 0 Å². The number of carboxylic acid groups (broad SMARTS) is 1. The van der Waals surface area contributed by atoms with Crippen molar-refractivity contribution in [3.63, 3.8) is 0 Å². The summed E-state index contributed by atoms with van der Waals surface area (Å²) in [5, 5.41) is 17.9. The van der Waals surface area contributed by atoms with Crippen LogP contribution in [0.2, 0.25) is 0 Å². The molecule has 1 rings (SSSR count). The van der Waals surface area contributed by atoms with Crippen LogP contribution in [-0.2, 0) is 4.79 Å². The lowest BCUT2D eigenvalue weighted by atomic mass is 9.85. The van der Waals surface area contributed by atoms with E-state index in [2.05, 4.69) is 0 Å².